The number of aromatic nitrogens is 1. The fourth-order valence-electron chi connectivity index (χ4n) is 1.91. The van der Waals surface area contributed by atoms with Crippen molar-refractivity contribution in [3.8, 4) is 11.6 Å². The van der Waals surface area contributed by atoms with E-state index in [1.54, 1.807) is 29.7 Å². The summed E-state index contributed by atoms with van der Waals surface area (Å²) in [6.07, 6.45) is 1.59. The van der Waals surface area contributed by atoms with Crippen LogP contribution in [0, 0.1) is 0 Å². The second-order valence-electron chi connectivity index (χ2n) is 4.68. The molecule has 2 amide bonds. The number of amides is 2. The second kappa shape index (κ2) is 7.42. The number of para-hydroxylation sites is 1. The number of benzene rings is 1. The van der Waals surface area contributed by atoms with E-state index < -0.39 is 0 Å². The molecule has 3 rings (SSSR count). The zero-order valence-electron chi connectivity index (χ0n) is 12.2. The number of hydrogen-bond donors (Lipinski definition) is 2. The third kappa shape index (κ3) is 4.55. The van der Waals surface area contributed by atoms with Crippen LogP contribution in [0.2, 0.25) is 0 Å². The number of nitrogens with one attached hydrogen (secondary N) is 2. The Labute approximate surface area is 138 Å². The van der Waals surface area contributed by atoms with E-state index in [0.717, 1.165) is 4.88 Å². The maximum Gasteiger partial charge on any atom is 0.319 e. The van der Waals surface area contributed by atoms with Crippen LogP contribution in [0.5, 0.6) is 11.6 Å². The molecule has 0 aliphatic heterocycles. The van der Waals surface area contributed by atoms with E-state index in [9.17, 15) is 4.79 Å². The Bertz CT molecular complexity index is 761. The number of anilines is 1. The van der Waals surface area contributed by atoms with Crippen LogP contribution in [0.3, 0.4) is 0 Å². The molecule has 0 fully saturated rings. The summed E-state index contributed by atoms with van der Waals surface area (Å²) < 4.78 is 5.64. The van der Waals surface area contributed by atoms with Crippen LogP contribution in [-0.4, -0.2) is 11.0 Å². The fraction of sp³-hybridized carbons (Fsp3) is 0.0588. The SMILES string of the molecule is O=C(NCc1cccs1)Nc1ccnc(Oc2ccccc2)c1. The number of carbonyl (C=O) groups excluding carboxylic acids is 1. The number of hydrogen-bond acceptors (Lipinski definition) is 4. The van der Waals surface area contributed by atoms with Crippen LogP contribution in [0.15, 0.2) is 66.2 Å². The zero-order chi connectivity index (χ0) is 15.9. The topological polar surface area (TPSA) is 63.2 Å². The highest BCUT2D eigenvalue weighted by atomic mass is 32.1. The van der Waals surface area contributed by atoms with Crippen molar-refractivity contribution >= 4 is 23.1 Å². The van der Waals surface area contributed by atoms with Gasteiger partial charge < -0.3 is 15.4 Å². The molecule has 6 heteroatoms. The minimum atomic E-state index is -0.268. The molecule has 0 bridgehead atoms. The maximum absolute atomic E-state index is 11.9. The molecule has 0 saturated heterocycles. The van der Waals surface area contributed by atoms with Crippen molar-refractivity contribution in [1.29, 1.82) is 0 Å². The standard InChI is InChI=1S/C17H15N3O2S/c21-17(19-12-15-7-4-10-23-15)20-13-8-9-18-16(11-13)22-14-5-2-1-3-6-14/h1-11H,12H2,(H2,18,19,20,21). The molecule has 0 spiro atoms. The van der Waals surface area contributed by atoms with Crippen LogP contribution in [0.1, 0.15) is 4.88 Å². The van der Waals surface area contributed by atoms with Gasteiger partial charge in [0.25, 0.3) is 0 Å². The van der Waals surface area contributed by atoms with Gasteiger partial charge in [0, 0.05) is 22.8 Å². The average Bonchev–Trinajstić information content (AvgIpc) is 3.08. The first kappa shape index (κ1) is 15.1. The van der Waals surface area contributed by atoms with Crippen molar-refractivity contribution in [1.82, 2.24) is 10.3 Å². The van der Waals surface area contributed by atoms with Crippen LogP contribution in [0.25, 0.3) is 0 Å². The highest BCUT2D eigenvalue weighted by molar-refractivity contribution is 7.09. The lowest BCUT2D eigenvalue weighted by molar-refractivity contribution is 0.252. The molecule has 5 nitrogen and oxygen atoms in total. The van der Waals surface area contributed by atoms with Gasteiger partial charge in [-0.25, -0.2) is 9.78 Å². The molecule has 0 atom stereocenters. The molecule has 2 aromatic heterocycles. The van der Waals surface area contributed by atoms with E-state index in [1.807, 2.05) is 47.8 Å². The number of rotatable bonds is 5. The van der Waals surface area contributed by atoms with Gasteiger partial charge in [0.15, 0.2) is 0 Å². The van der Waals surface area contributed by atoms with Crippen LogP contribution in [-0.2, 0) is 6.54 Å². The molecule has 0 radical (unpaired) electrons. The molecule has 116 valence electrons. The summed E-state index contributed by atoms with van der Waals surface area (Å²) in [5, 5.41) is 7.54. The molecule has 0 aliphatic carbocycles. The van der Waals surface area contributed by atoms with Gasteiger partial charge in [-0.15, -0.1) is 11.3 Å². The Morgan fingerprint density at radius 3 is 2.78 bits per heavy atom. The Balaban J connectivity index is 1.57. The molecule has 23 heavy (non-hydrogen) atoms. The van der Waals surface area contributed by atoms with Crippen molar-refractivity contribution in [3.63, 3.8) is 0 Å². The van der Waals surface area contributed by atoms with E-state index in [4.69, 9.17) is 4.74 Å². The summed E-state index contributed by atoms with van der Waals surface area (Å²) in [5.74, 6) is 1.12. The van der Waals surface area contributed by atoms with Gasteiger partial charge in [0.1, 0.15) is 5.75 Å². The average molecular weight is 325 g/mol. The summed E-state index contributed by atoms with van der Waals surface area (Å²) in [5.41, 5.74) is 0.620. The Kier molecular flexibility index (Phi) is 4.85. The van der Waals surface area contributed by atoms with Crippen molar-refractivity contribution in [2.24, 2.45) is 0 Å². The quantitative estimate of drug-likeness (QED) is 0.737. The maximum atomic E-state index is 11.9. The van der Waals surface area contributed by atoms with Crippen molar-refractivity contribution in [2.75, 3.05) is 5.32 Å². The van der Waals surface area contributed by atoms with Gasteiger partial charge in [0.2, 0.25) is 5.88 Å². The second-order valence-corrected chi connectivity index (χ2v) is 5.72. The minimum absolute atomic E-state index is 0.268. The summed E-state index contributed by atoms with van der Waals surface area (Å²) >= 11 is 1.60. The Morgan fingerprint density at radius 2 is 2.00 bits per heavy atom. The van der Waals surface area contributed by atoms with Crippen molar-refractivity contribution < 1.29 is 9.53 Å². The molecule has 0 aliphatic rings. The Hall–Kier alpha value is -2.86. The van der Waals surface area contributed by atoms with Crippen LogP contribution in [0.4, 0.5) is 10.5 Å². The lowest BCUT2D eigenvalue weighted by Gasteiger charge is -2.09. The van der Waals surface area contributed by atoms with Gasteiger partial charge in [-0.05, 0) is 29.6 Å². The van der Waals surface area contributed by atoms with Gasteiger partial charge in [-0.1, -0.05) is 24.3 Å². The summed E-state index contributed by atoms with van der Waals surface area (Å²) in [4.78, 5) is 17.1. The van der Waals surface area contributed by atoms with Crippen molar-refractivity contribution in [3.05, 3.63) is 71.1 Å². The normalized spacial score (nSPS) is 10.1. The smallest absolute Gasteiger partial charge is 0.319 e. The van der Waals surface area contributed by atoms with Gasteiger partial charge >= 0.3 is 6.03 Å². The number of pyridine rings is 1. The van der Waals surface area contributed by atoms with E-state index in [0.29, 0.717) is 23.9 Å². The van der Waals surface area contributed by atoms with Gasteiger partial charge in [0.05, 0.1) is 6.54 Å². The van der Waals surface area contributed by atoms with Crippen LogP contribution < -0.4 is 15.4 Å². The molecule has 0 unspecified atom stereocenters. The van der Waals surface area contributed by atoms with E-state index in [1.165, 1.54) is 0 Å². The van der Waals surface area contributed by atoms with Crippen LogP contribution >= 0.6 is 11.3 Å². The first-order chi connectivity index (χ1) is 11.3. The van der Waals surface area contributed by atoms with E-state index >= 15 is 0 Å². The van der Waals surface area contributed by atoms with E-state index in [-0.39, 0.29) is 6.03 Å². The number of urea groups is 1. The largest absolute Gasteiger partial charge is 0.439 e. The van der Waals surface area contributed by atoms with Gasteiger partial charge in [-0.2, -0.15) is 0 Å². The summed E-state index contributed by atoms with van der Waals surface area (Å²) in [6.45, 7) is 0.502. The zero-order valence-corrected chi connectivity index (χ0v) is 13.0. The lowest BCUT2D eigenvalue weighted by atomic mass is 10.3. The first-order valence-corrected chi connectivity index (χ1v) is 7.94. The third-order valence-corrected chi connectivity index (χ3v) is 3.84. The predicted molar refractivity (Wildman–Crippen MR) is 90.9 cm³/mol. The highest BCUT2D eigenvalue weighted by Gasteiger charge is 2.05. The molecule has 3 aromatic rings. The van der Waals surface area contributed by atoms with E-state index in [2.05, 4.69) is 15.6 Å². The Morgan fingerprint density at radius 1 is 1.13 bits per heavy atom. The highest BCUT2D eigenvalue weighted by Crippen LogP contribution is 2.21. The lowest BCUT2D eigenvalue weighted by Crippen LogP contribution is -2.27. The summed E-state index contributed by atoms with van der Waals surface area (Å²) in [7, 11) is 0. The van der Waals surface area contributed by atoms with Crippen molar-refractivity contribution in [2.45, 2.75) is 6.54 Å². The third-order valence-electron chi connectivity index (χ3n) is 2.96. The molecular weight excluding hydrogens is 310 g/mol. The van der Waals surface area contributed by atoms with Gasteiger partial charge in [-0.3, -0.25) is 0 Å². The summed E-state index contributed by atoms with van der Waals surface area (Å²) in [6, 6.07) is 16.4. The number of nitrogens with zero attached hydrogens (tertiary/aromatic N) is 1. The predicted octanol–water partition coefficient (Wildman–Crippen LogP) is 4.26. The number of carbonyl (C=O) groups is 1. The first-order valence-electron chi connectivity index (χ1n) is 7.06. The molecule has 0 saturated carbocycles. The number of thiophene rings is 1. The molecule has 1 aromatic carbocycles. The molecule has 2 heterocycles. The molecular formula is C17H15N3O2S. The fourth-order valence-corrected chi connectivity index (χ4v) is 2.55. The number of ether oxygens (including phenoxy) is 1. The molecule has 2 N–H and O–H groups in total. The minimum Gasteiger partial charge on any atom is -0.439 e. The monoisotopic (exact) mass is 325 g/mol.